The van der Waals surface area contributed by atoms with E-state index in [1.54, 1.807) is 17.7 Å². The van der Waals surface area contributed by atoms with Gasteiger partial charge in [0.25, 0.3) is 5.91 Å². The number of nitrogens with zero attached hydrogens (tertiary/aromatic N) is 2. The van der Waals surface area contributed by atoms with Crippen molar-refractivity contribution in [1.82, 2.24) is 4.90 Å². The van der Waals surface area contributed by atoms with Crippen LogP contribution in [0.25, 0.3) is 0 Å². The van der Waals surface area contributed by atoms with Gasteiger partial charge in [-0.15, -0.1) is 11.3 Å². The fourth-order valence-corrected chi connectivity index (χ4v) is 3.14. The van der Waals surface area contributed by atoms with E-state index in [4.69, 9.17) is 5.73 Å². The molecule has 1 aliphatic rings. The van der Waals surface area contributed by atoms with Crippen LogP contribution in [0.15, 0.2) is 4.99 Å². The Morgan fingerprint density at radius 2 is 2.25 bits per heavy atom. The van der Waals surface area contributed by atoms with Crippen molar-refractivity contribution in [2.24, 2.45) is 10.7 Å². The summed E-state index contributed by atoms with van der Waals surface area (Å²) in [6, 6.07) is 0. The van der Waals surface area contributed by atoms with Gasteiger partial charge in [0.15, 0.2) is 0 Å². The summed E-state index contributed by atoms with van der Waals surface area (Å²) in [5.74, 6) is -0.356. The monoisotopic (exact) mass is 237 g/mol. The van der Waals surface area contributed by atoms with Gasteiger partial charge >= 0.3 is 0 Å². The van der Waals surface area contributed by atoms with Crippen molar-refractivity contribution in [2.75, 3.05) is 14.1 Å². The lowest BCUT2D eigenvalue weighted by Crippen LogP contribution is -2.12. The average Bonchev–Trinajstić information content (AvgIpc) is 2.71. The highest BCUT2D eigenvalue weighted by molar-refractivity contribution is 7.16. The number of nitrogens with two attached hydrogens (primary N) is 1. The predicted octanol–water partition coefficient (Wildman–Crippen LogP) is 1.56. The highest BCUT2D eigenvalue weighted by Gasteiger charge is 2.24. The maximum absolute atomic E-state index is 11.4. The number of amides is 1. The molecule has 0 aromatic carbocycles. The molecule has 1 aromatic rings. The van der Waals surface area contributed by atoms with Crippen molar-refractivity contribution < 1.29 is 4.79 Å². The normalized spacial score (nSPS) is 14.4. The van der Waals surface area contributed by atoms with Crippen molar-refractivity contribution in [3.05, 3.63) is 16.0 Å². The van der Waals surface area contributed by atoms with E-state index in [1.807, 2.05) is 19.0 Å². The maximum atomic E-state index is 11.4. The molecule has 5 heteroatoms. The van der Waals surface area contributed by atoms with Crippen molar-refractivity contribution in [3.8, 4) is 0 Å². The van der Waals surface area contributed by atoms with Gasteiger partial charge < -0.3 is 10.6 Å². The first-order chi connectivity index (χ1) is 7.59. The van der Waals surface area contributed by atoms with E-state index in [1.165, 1.54) is 4.88 Å². The van der Waals surface area contributed by atoms with E-state index in [0.717, 1.165) is 29.8 Å². The van der Waals surface area contributed by atoms with Crippen molar-refractivity contribution in [2.45, 2.75) is 19.3 Å². The van der Waals surface area contributed by atoms with Crippen LogP contribution < -0.4 is 5.73 Å². The Kier molecular flexibility index (Phi) is 2.96. The third kappa shape index (κ3) is 1.95. The molecule has 1 aromatic heterocycles. The molecule has 2 N–H and O–H groups in total. The lowest BCUT2D eigenvalue weighted by molar-refractivity contribution is 0.100. The summed E-state index contributed by atoms with van der Waals surface area (Å²) < 4.78 is 0. The van der Waals surface area contributed by atoms with Crippen molar-refractivity contribution in [3.63, 3.8) is 0 Å². The van der Waals surface area contributed by atoms with E-state index in [-0.39, 0.29) is 5.91 Å². The third-order valence-corrected chi connectivity index (χ3v) is 3.75. The average molecular weight is 237 g/mol. The van der Waals surface area contributed by atoms with Crippen LogP contribution in [0.5, 0.6) is 0 Å². The van der Waals surface area contributed by atoms with Gasteiger partial charge in [-0.1, -0.05) is 0 Å². The third-order valence-electron chi connectivity index (χ3n) is 2.56. The number of aliphatic imine (C=N–C) groups is 1. The fraction of sp³-hybridized carbons (Fsp3) is 0.455. The molecule has 4 nitrogen and oxygen atoms in total. The Labute approximate surface area is 98.8 Å². The summed E-state index contributed by atoms with van der Waals surface area (Å²) >= 11 is 1.59. The van der Waals surface area contributed by atoms with Crippen LogP contribution in [0.3, 0.4) is 0 Å². The van der Waals surface area contributed by atoms with Crippen LogP contribution in [0.1, 0.15) is 27.2 Å². The predicted molar refractivity (Wildman–Crippen MR) is 66.7 cm³/mol. The summed E-state index contributed by atoms with van der Waals surface area (Å²) in [6.07, 6.45) is 4.84. The number of rotatable bonds is 3. The molecule has 1 aliphatic carbocycles. The lowest BCUT2D eigenvalue weighted by atomic mass is 10.1. The van der Waals surface area contributed by atoms with Gasteiger partial charge in [0.05, 0.1) is 11.9 Å². The molecule has 0 bridgehead atoms. The summed E-state index contributed by atoms with van der Waals surface area (Å²) in [6.45, 7) is 0. The number of hydrogen-bond donors (Lipinski definition) is 1. The molecule has 1 heterocycles. The van der Waals surface area contributed by atoms with Gasteiger partial charge in [-0.25, -0.2) is 4.99 Å². The molecular formula is C11H15N3OS. The smallest absolute Gasteiger partial charge is 0.252 e. The van der Waals surface area contributed by atoms with Crippen LogP contribution in [-0.4, -0.2) is 31.2 Å². The number of hydrogen-bond acceptors (Lipinski definition) is 3. The van der Waals surface area contributed by atoms with Gasteiger partial charge in [0, 0.05) is 19.0 Å². The second-order valence-corrected chi connectivity index (χ2v) is 5.19. The molecule has 0 spiro atoms. The molecule has 16 heavy (non-hydrogen) atoms. The Balaban J connectivity index is 2.42. The minimum absolute atomic E-state index is 0.356. The van der Waals surface area contributed by atoms with Crippen molar-refractivity contribution >= 4 is 28.6 Å². The summed E-state index contributed by atoms with van der Waals surface area (Å²) in [4.78, 5) is 18.9. The van der Waals surface area contributed by atoms with Crippen LogP contribution in [0.4, 0.5) is 5.00 Å². The molecule has 0 unspecified atom stereocenters. The quantitative estimate of drug-likeness (QED) is 0.640. The Morgan fingerprint density at radius 3 is 2.88 bits per heavy atom. The molecule has 0 aliphatic heterocycles. The van der Waals surface area contributed by atoms with E-state index in [0.29, 0.717) is 5.56 Å². The lowest BCUT2D eigenvalue weighted by Gasteiger charge is -2.02. The second-order valence-electron chi connectivity index (χ2n) is 4.11. The zero-order valence-corrected chi connectivity index (χ0v) is 10.3. The van der Waals surface area contributed by atoms with E-state index >= 15 is 0 Å². The molecule has 0 fully saturated rings. The molecule has 86 valence electrons. The minimum Gasteiger partial charge on any atom is -0.369 e. The zero-order chi connectivity index (χ0) is 11.7. The van der Waals surface area contributed by atoms with E-state index in [2.05, 4.69) is 4.99 Å². The zero-order valence-electron chi connectivity index (χ0n) is 9.49. The van der Waals surface area contributed by atoms with Gasteiger partial charge in [0.2, 0.25) is 0 Å². The van der Waals surface area contributed by atoms with Crippen LogP contribution in [0, 0.1) is 0 Å². The van der Waals surface area contributed by atoms with Gasteiger partial charge in [0.1, 0.15) is 5.00 Å². The van der Waals surface area contributed by atoms with Crippen molar-refractivity contribution in [1.29, 1.82) is 0 Å². The number of aryl methyl sites for hydroxylation is 1. The standard InChI is InChI=1S/C11H15N3OS/c1-14(2)6-13-11-9(10(12)15)7-4-3-5-8(7)16-11/h6H,3-5H2,1-2H3,(H2,12,15). The highest BCUT2D eigenvalue weighted by atomic mass is 32.1. The van der Waals surface area contributed by atoms with Crippen LogP contribution in [-0.2, 0) is 12.8 Å². The molecule has 2 rings (SSSR count). The number of fused-ring (bicyclic) bond motifs is 1. The Hall–Kier alpha value is -1.36. The van der Waals surface area contributed by atoms with Gasteiger partial charge in [-0.2, -0.15) is 0 Å². The first-order valence-electron chi connectivity index (χ1n) is 5.24. The second kappa shape index (κ2) is 4.25. The minimum atomic E-state index is -0.356. The molecule has 0 atom stereocenters. The van der Waals surface area contributed by atoms with Crippen LogP contribution in [0.2, 0.25) is 0 Å². The molecular weight excluding hydrogens is 222 g/mol. The first-order valence-corrected chi connectivity index (χ1v) is 6.06. The number of thiophene rings is 1. The number of carbonyl (C=O) groups is 1. The highest BCUT2D eigenvalue weighted by Crippen LogP contribution is 2.40. The summed E-state index contributed by atoms with van der Waals surface area (Å²) in [5.41, 5.74) is 7.18. The molecule has 0 saturated carbocycles. The Bertz CT molecular complexity index is 448. The molecule has 1 amide bonds. The topological polar surface area (TPSA) is 58.7 Å². The van der Waals surface area contributed by atoms with E-state index < -0.39 is 0 Å². The van der Waals surface area contributed by atoms with Gasteiger partial charge in [-0.05, 0) is 24.8 Å². The fourth-order valence-electron chi connectivity index (χ4n) is 1.90. The summed E-state index contributed by atoms with van der Waals surface area (Å²) in [7, 11) is 3.80. The summed E-state index contributed by atoms with van der Waals surface area (Å²) in [5, 5.41) is 0.755. The Morgan fingerprint density at radius 1 is 1.50 bits per heavy atom. The molecule has 0 saturated heterocycles. The maximum Gasteiger partial charge on any atom is 0.252 e. The van der Waals surface area contributed by atoms with E-state index in [9.17, 15) is 4.79 Å². The number of carbonyl (C=O) groups excluding carboxylic acids is 1. The van der Waals surface area contributed by atoms with Crippen LogP contribution >= 0.6 is 11.3 Å². The number of primary amides is 1. The SMILES string of the molecule is CN(C)C=Nc1sc2c(c1C(N)=O)CCC2. The first kappa shape index (κ1) is 11.1. The molecule has 0 radical (unpaired) electrons. The largest absolute Gasteiger partial charge is 0.369 e. The van der Waals surface area contributed by atoms with Gasteiger partial charge in [-0.3, -0.25) is 4.79 Å².